The van der Waals surface area contributed by atoms with Gasteiger partial charge in [0.25, 0.3) is 5.91 Å². The van der Waals surface area contributed by atoms with Gasteiger partial charge >= 0.3 is 0 Å². The summed E-state index contributed by atoms with van der Waals surface area (Å²) >= 11 is 18.3. The third-order valence-electron chi connectivity index (χ3n) is 4.52. The lowest BCUT2D eigenvalue weighted by Gasteiger charge is -2.18. The normalized spacial score (nSPS) is 12.0. The molecule has 10 nitrogen and oxygen atoms in total. The summed E-state index contributed by atoms with van der Waals surface area (Å²) in [4.78, 5) is 25.4. The van der Waals surface area contributed by atoms with Crippen molar-refractivity contribution >= 4 is 57.6 Å². The van der Waals surface area contributed by atoms with Crippen LogP contribution in [0.15, 0.2) is 49.1 Å². The molecule has 2 N–H and O–H groups in total. The van der Waals surface area contributed by atoms with Gasteiger partial charge in [0.15, 0.2) is 5.65 Å². The quantitative estimate of drug-likeness (QED) is 0.319. The molecular weight excluding hydrogens is 507 g/mol. The molecule has 0 aliphatic heterocycles. The number of anilines is 1. The molecule has 0 fully saturated rings. The fourth-order valence-corrected chi connectivity index (χ4v) is 3.45. The number of hydrogen-bond donors (Lipinski definition) is 2. The molecule has 0 aliphatic carbocycles. The van der Waals surface area contributed by atoms with Gasteiger partial charge in [-0.15, -0.1) is 0 Å². The summed E-state index contributed by atoms with van der Waals surface area (Å²) in [6.45, 7) is -0.339. The fraction of sp³-hybridized carbons (Fsp3) is 0.190. The van der Waals surface area contributed by atoms with E-state index >= 15 is 0 Å². The second kappa shape index (κ2) is 10.9. The summed E-state index contributed by atoms with van der Waals surface area (Å²) in [7, 11) is 0. The van der Waals surface area contributed by atoms with Crippen LogP contribution >= 0.6 is 34.8 Å². The minimum Gasteiger partial charge on any atom is -0.461 e. The van der Waals surface area contributed by atoms with Crippen molar-refractivity contribution in [3.63, 3.8) is 0 Å². The number of carbonyl (C=O) groups is 1. The van der Waals surface area contributed by atoms with Crippen molar-refractivity contribution in [1.82, 2.24) is 24.7 Å². The molecule has 3 aromatic heterocycles. The number of fused-ring (bicyclic) bond motifs is 1. The van der Waals surface area contributed by atoms with Gasteiger partial charge in [-0.2, -0.15) is 5.10 Å². The lowest BCUT2D eigenvalue weighted by molar-refractivity contribution is -0.125. The SMILES string of the molecule is O=C(Nc1ccc(Cl)cn1)[C@H](COCCO)Oc1ncnc2c1cnn2-c1cccc(Cl)c1Cl. The number of nitrogens with zero attached hydrogens (tertiary/aromatic N) is 5. The van der Waals surface area contributed by atoms with Gasteiger partial charge in [0, 0.05) is 6.20 Å². The molecule has 1 amide bonds. The van der Waals surface area contributed by atoms with Crippen molar-refractivity contribution in [3.05, 3.63) is 64.1 Å². The highest BCUT2D eigenvalue weighted by atomic mass is 35.5. The van der Waals surface area contributed by atoms with Gasteiger partial charge in [-0.05, 0) is 24.3 Å². The highest BCUT2D eigenvalue weighted by Gasteiger charge is 2.24. The number of amides is 1. The first kappa shape index (κ1) is 24.1. The van der Waals surface area contributed by atoms with E-state index in [0.717, 1.165) is 0 Å². The Morgan fingerprint density at radius 1 is 1.12 bits per heavy atom. The second-order valence-corrected chi connectivity index (χ2v) is 8.02. The highest BCUT2D eigenvalue weighted by molar-refractivity contribution is 6.43. The van der Waals surface area contributed by atoms with Crippen LogP contribution in [0.3, 0.4) is 0 Å². The molecule has 1 aromatic carbocycles. The van der Waals surface area contributed by atoms with Crippen molar-refractivity contribution in [2.75, 3.05) is 25.1 Å². The largest absolute Gasteiger partial charge is 0.461 e. The monoisotopic (exact) mass is 522 g/mol. The van der Waals surface area contributed by atoms with Crippen LogP contribution in [0.2, 0.25) is 15.1 Å². The zero-order valence-corrected chi connectivity index (χ0v) is 19.6. The summed E-state index contributed by atoms with van der Waals surface area (Å²) in [6.07, 6.45) is 3.05. The van der Waals surface area contributed by atoms with Crippen molar-refractivity contribution in [3.8, 4) is 11.6 Å². The Bertz CT molecular complexity index is 1300. The molecule has 0 saturated heterocycles. The Kier molecular flexibility index (Phi) is 7.76. The number of carbonyl (C=O) groups excluding carboxylic acids is 1. The molecule has 4 rings (SSSR count). The number of aromatic nitrogens is 5. The molecular formula is C21H17Cl3N6O4. The van der Waals surface area contributed by atoms with Crippen LogP contribution < -0.4 is 10.1 Å². The molecule has 0 unspecified atom stereocenters. The van der Waals surface area contributed by atoms with Crippen LogP contribution in [0.4, 0.5) is 5.82 Å². The first-order valence-electron chi connectivity index (χ1n) is 9.88. The van der Waals surface area contributed by atoms with Crippen molar-refractivity contribution in [2.24, 2.45) is 0 Å². The molecule has 1 atom stereocenters. The molecule has 34 heavy (non-hydrogen) atoms. The van der Waals surface area contributed by atoms with E-state index in [2.05, 4.69) is 25.4 Å². The van der Waals surface area contributed by atoms with E-state index in [4.69, 9.17) is 49.4 Å². The number of benzene rings is 1. The molecule has 0 spiro atoms. The number of hydrogen-bond acceptors (Lipinski definition) is 8. The number of aliphatic hydroxyl groups excluding tert-OH is 1. The predicted octanol–water partition coefficient (Wildman–Crippen LogP) is 3.57. The zero-order valence-electron chi connectivity index (χ0n) is 17.4. The van der Waals surface area contributed by atoms with Crippen LogP contribution in [0, 0.1) is 0 Å². The van der Waals surface area contributed by atoms with Gasteiger partial charge in [-0.1, -0.05) is 40.9 Å². The molecule has 0 bridgehead atoms. The Morgan fingerprint density at radius 3 is 2.74 bits per heavy atom. The maximum absolute atomic E-state index is 12.9. The van der Waals surface area contributed by atoms with Crippen molar-refractivity contribution < 1.29 is 19.4 Å². The predicted molar refractivity (Wildman–Crippen MR) is 127 cm³/mol. The Morgan fingerprint density at radius 2 is 1.97 bits per heavy atom. The van der Waals surface area contributed by atoms with Crippen molar-refractivity contribution in [1.29, 1.82) is 0 Å². The average Bonchev–Trinajstić information content (AvgIpc) is 3.26. The molecule has 176 valence electrons. The van der Waals surface area contributed by atoms with Gasteiger partial charge in [-0.25, -0.2) is 19.6 Å². The molecule has 4 aromatic rings. The second-order valence-electron chi connectivity index (χ2n) is 6.80. The number of aliphatic hydroxyl groups is 1. The van der Waals surface area contributed by atoms with Gasteiger partial charge in [0.05, 0.1) is 46.8 Å². The summed E-state index contributed by atoms with van der Waals surface area (Å²) in [5.41, 5.74) is 0.909. The Labute approximate surface area is 208 Å². The minimum atomic E-state index is -1.12. The number of rotatable bonds is 9. The standard InChI is InChI=1S/C21H17Cl3N6O4/c22-12-4-5-17(25-8-12)29-20(32)16(10-33-7-6-31)34-21-13-9-28-30(19(13)26-11-27-21)15-3-1-2-14(23)18(15)24/h1-5,8-9,11,16,31H,6-7,10H2,(H,25,29,32)/t16-/m0/s1. The maximum Gasteiger partial charge on any atom is 0.269 e. The summed E-state index contributed by atoms with van der Waals surface area (Å²) in [6, 6.07) is 8.27. The van der Waals surface area contributed by atoms with E-state index in [1.54, 1.807) is 30.3 Å². The van der Waals surface area contributed by atoms with Crippen LogP contribution in [0.25, 0.3) is 16.7 Å². The topological polar surface area (TPSA) is 124 Å². The highest BCUT2D eigenvalue weighted by Crippen LogP contribution is 2.31. The number of ether oxygens (including phenoxy) is 2. The molecule has 0 radical (unpaired) electrons. The first-order valence-corrected chi connectivity index (χ1v) is 11.0. The van der Waals surface area contributed by atoms with E-state index < -0.39 is 12.0 Å². The van der Waals surface area contributed by atoms with Gasteiger partial charge in [0.2, 0.25) is 12.0 Å². The van der Waals surface area contributed by atoms with E-state index in [1.807, 2.05) is 0 Å². The average molecular weight is 524 g/mol. The van der Waals surface area contributed by atoms with Gasteiger partial charge in [0.1, 0.15) is 17.5 Å². The summed E-state index contributed by atoms with van der Waals surface area (Å²) < 4.78 is 12.7. The summed E-state index contributed by atoms with van der Waals surface area (Å²) in [5, 5.41) is 17.5. The lowest BCUT2D eigenvalue weighted by Crippen LogP contribution is -2.37. The van der Waals surface area contributed by atoms with Crippen LogP contribution in [-0.2, 0) is 9.53 Å². The van der Waals surface area contributed by atoms with E-state index in [9.17, 15) is 4.79 Å². The van der Waals surface area contributed by atoms with Gasteiger partial charge < -0.3 is 19.9 Å². The first-order chi connectivity index (χ1) is 16.5. The van der Waals surface area contributed by atoms with E-state index in [1.165, 1.54) is 23.4 Å². The number of pyridine rings is 1. The Balaban J connectivity index is 1.62. The number of nitrogens with one attached hydrogen (secondary N) is 1. The van der Waals surface area contributed by atoms with Crippen LogP contribution in [-0.4, -0.2) is 61.7 Å². The van der Waals surface area contributed by atoms with E-state index in [0.29, 0.717) is 31.8 Å². The fourth-order valence-electron chi connectivity index (χ4n) is 2.96. The third kappa shape index (κ3) is 5.37. The van der Waals surface area contributed by atoms with E-state index in [-0.39, 0.29) is 31.5 Å². The number of halogens is 3. The molecule has 3 heterocycles. The molecule has 13 heteroatoms. The zero-order chi connectivity index (χ0) is 24.1. The van der Waals surface area contributed by atoms with Crippen LogP contribution in [0.5, 0.6) is 5.88 Å². The van der Waals surface area contributed by atoms with Gasteiger partial charge in [-0.3, -0.25) is 4.79 Å². The van der Waals surface area contributed by atoms with Crippen LogP contribution in [0.1, 0.15) is 0 Å². The molecule has 0 aliphatic rings. The lowest BCUT2D eigenvalue weighted by atomic mass is 10.3. The Hall–Kier alpha value is -3.02. The maximum atomic E-state index is 12.9. The van der Waals surface area contributed by atoms with Crippen molar-refractivity contribution in [2.45, 2.75) is 6.10 Å². The third-order valence-corrected chi connectivity index (χ3v) is 5.55. The smallest absolute Gasteiger partial charge is 0.269 e. The molecule has 0 saturated carbocycles. The minimum absolute atomic E-state index is 0.0245. The summed E-state index contributed by atoms with van der Waals surface area (Å²) in [5.74, 6) is -0.155.